The molecule has 0 radical (unpaired) electrons. The molecule has 0 saturated heterocycles. The number of carbonyl (C=O) groups is 3. The van der Waals surface area contributed by atoms with Gasteiger partial charge in [-0.3, -0.25) is 14.4 Å². The number of hydrogen-bond acceptors (Lipinski definition) is 9. The van der Waals surface area contributed by atoms with Crippen LogP contribution in [0.1, 0.15) is 55.9 Å². The molecule has 0 heterocycles. The molecule has 10 heteroatoms. The minimum Gasteiger partial charge on any atom is -0.508 e. The molecule has 0 aromatic heterocycles. The third-order valence-corrected chi connectivity index (χ3v) is 8.92. The number of aliphatic hydroxyl groups excluding tert-OH is 2. The summed E-state index contributed by atoms with van der Waals surface area (Å²) in [5.74, 6) is -5.92. The van der Waals surface area contributed by atoms with E-state index in [1.54, 1.807) is 7.11 Å². The molecule has 3 atom stereocenters. The molecule has 0 bridgehead atoms. The minimum atomic E-state index is -2.61. The highest BCUT2D eigenvalue weighted by Crippen LogP contribution is 2.55. The van der Waals surface area contributed by atoms with Gasteiger partial charge in [-0.25, -0.2) is 0 Å². The average molecular weight is 591 g/mol. The molecule has 2 aromatic carbocycles. The van der Waals surface area contributed by atoms with E-state index in [2.05, 4.69) is 0 Å². The van der Waals surface area contributed by atoms with Crippen LogP contribution in [0.15, 0.2) is 41.2 Å². The first kappa shape index (κ1) is 30.3. The number of methoxy groups -OCH3 is 1. The Bertz CT molecular complexity index is 1640. The Hall–Kier alpha value is -4.15. The SMILES string of the molecule is COc1ccc(CN(C)C)cc1-c1cc(C(C)(C)C)c(O)c2c1C[C@H]1C[C@H]3CC(=O)C(C(N)=O)=C(O)[C@@]3(O)C(=O)C1=C2O. The molecule has 0 aliphatic heterocycles. The molecule has 3 aliphatic carbocycles. The summed E-state index contributed by atoms with van der Waals surface area (Å²) in [4.78, 5) is 40.7. The molecule has 1 saturated carbocycles. The monoisotopic (exact) mass is 590 g/mol. The molecular weight excluding hydrogens is 552 g/mol. The van der Waals surface area contributed by atoms with E-state index in [4.69, 9.17) is 10.5 Å². The summed E-state index contributed by atoms with van der Waals surface area (Å²) >= 11 is 0. The lowest BCUT2D eigenvalue weighted by Gasteiger charge is -2.46. The number of nitrogens with zero attached hydrogens (tertiary/aromatic N) is 1. The average Bonchev–Trinajstić information content (AvgIpc) is 2.89. The van der Waals surface area contributed by atoms with Crippen LogP contribution in [0.3, 0.4) is 0 Å². The first-order valence-electron chi connectivity index (χ1n) is 14.2. The molecule has 3 aliphatic rings. The van der Waals surface area contributed by atoms with Crippen molar-refractivity contribution in [3.05, 3.63) is 63.4 Å². The van der Waals surface area contributed by atoms with E-state index >= 15 is 0 Å². The second-order valence-electron chi connectivity index (χ2n) is 13.1. The summed E-state index contributed by atoms with van der Waals surface area (Å²) in [6.45, 7) is 6.41. The maximum Gasteiger partial charge on any atom is 0.255 e. The number of phenolic OH excluding ortho intramolecular Hbond substituents is 1. The number of rotatable bonds is 5. The number of hydrogen-bond donors (Lipinski definition) is 5. The smallest absolute Gasteiger partial charge is 0.255 e. The fourth-order valence-corrected chi connectivity index (χ4v) is 6.93. The minimum absolute atomic E-state index is 0.0575. The fraction of sp³-hybridized carbons (Fsp3) is 0.424. The Labute approximate surface area is 250 Å². The maximum absolute atomic E-state index is 14.0. The van der Waals surface area contributed by atoms with Crippen LogP contribution in [0.4, 0.5) is 0 Å². The van der Waals surface area contributed by atoms with Crippen molar-refractivity contribution in [3.8, 4) is 22.6 Å². The van der Waals surface area contributed by atoms with Crippen molar-refractivity contribution in [3.63, 3.8) is 0 Å². The Kier molecular flexibility index (Phi) is 7.22. The first-order chi connectivity index (χ1) is 20.0. The normalized spacial score (nSPS) is 23.7. The zero-order chi connectivity index (χ0) is 31.8. The third kappa shape index (κ3) is 4.60. The largest absolute Gasteiger partial charge is 0.508 e. The van der Waals surface area contributed by atoms with Crippen molar-refractivity contribution in [2.45, 2.75) is 57.6 Å². The van der Waals surface area contributed by atoms with Crippen LogP contribution >= 0.6 is 0 Å². The molecule has 0 spiro atoms. The lowest BCUT2D eigenvalue weighted by atomic mass is 9.59. The van der Waals surface area contributed by atoms with E-state index in [9.17, 15) is 34.8 Å². The summed E-state index contributed by atoms with van der Waals surface area (Å²) in [5, 5.41) is 45.8. The van der Waals surface area contributed by atoms with Crippen LogP contribution in [-0.4, -0.2) is 69.6 Å². The quantitative estimate of drug-likeness (QED) is 0.327. The number of nitrogens with two attached hydrogens (primary N) is 1. The van der Waals surface area contributed by atoms with Crippen LogP contribution in [0, 0.1) is 11.8 Å². The van der Waals surface area contributed by atoms with Gasteiger partial charge in [-0.2, -0.15) is 0 Å². The van der Waals surface area contributed by atoms with Gasteiger partial charge in [0.1, 0.15) is 28.6 Å². The topological polar surface area (TPSA) is 171 Å². The summed E-state index contributed by atoms with van der Waals surface area (Å²) in [5.41, 5.74) is 4.78. The van der Waals surface area contributed by atoms with Gasteiger partial charge in [0.25, 0.3) is 5.91 Å². The Morgan fingerprint density at radius 3 is 2.35 bits per heavy atom. The number of ether oxygens (including phenoxy) is 1. The van der Waals surface area contributed by atoms with Crippen molar-refractivity contribution in [1.29, 1.82) is 0 Å². The molecule has 1 fully saturated rings. The molecule has 6 N–H and O–H groups in total. The van der Waals surface area contributed by atoms with Crippen LogP contribution in [-0.2, 0) is 32.8 Å². The van der Waals surface area contributed by atoms with E-state index in [0.717, 1.165) is 11.1 Å². The molecule has 228 valence electrons. The van der Waals surface area contributed by atoms with E-state index in [1.807, 2.05) is 64.0 Å². The standard InChI is InChI=1S/C33H38N2O8/c1-32(2,3)21-13-18(19-9-15(14-35(4)5)7-8-23(19)43-6)20-11-16-10-17-12-22(36)26(31(34)41)30(40)33(17,42)29(39)24(16)28(38)25(20)27(21)37/h7-9,13,16-17,37-38,40,42H,10-12,14H2,1-6H3,(H2,34,41)/t16-,17+,33+/m1/s1. The van der Waals surface area contributed by atoms with Crippen LogP contribution < -0.4 is 10.5 Å². The van der Waals surface area contributed by atoms with Gasteiger partial charge in [-0.1, -0.05) is 26.8 Å². The number of aliphatic hydroxyl groups is 3. The van der Waals surface area contributed by atoms with E-state index in [-0.39, 0.29) is 36.1 Å². The van der Waals surface area contributed by atoms with Gasteiger partial charge in [0.15, 0.2) is 11.4 Å². The predicted octanol–water partition coefficient (Wildman–Crippen LogP) is 3.46. The summed E-state index contributed by atoms with van der Waals surface area (Å²) in [7, 11) is 5.49. The van der Waals surface area contributed by atoms with E-state index in [0.29, 0.717) is 29.0 Å². The van der Waals surface area contributed by atoms with Crippen LogP contribution in [0.5, 0.6) is 11.5 Å². The molecule has 0 unspecified atom stereocenters. The van der Waals surface area contributed by atoms with Crippen LogP contribution in [0.25, 0.3) is 16.9 Å². The second-order valence-corrected chi connectivity index (χ2v) is 13.1. The number of aromatic hydroxyl groups is 1. The first-order valence-corrected chi connectivity index (χ1v) is 14.2. The lowest BCUT2D eigenvalue weighted by molar-refractivity contribution is -0.147. The lowest BCUT2D eigenvalue weighted by Crippen LogP contribution is -2.58. The molecule has 5 rings (SSSR count). The highest BCUT2D eigenvalue weighted by atomic mass is 16.5. The zero-order valence-electron chi connectivity index (χ0n) is 25.2. The summed E-state index contributed by atoms with van der Waals surface area (Å²) < 4.78 is 5.75. The van der Waals surface area contributed by atoms with Gasteiger partial charge in [-0.15, -0.1) is 0 Å². The number of amides is 1. The number of phenols is 1. The Morgan fingerprint density at radius 2 is 1.77 bits per heavy atom. The van der Waals surface area contributed by atoms with Gasteiger partial charge in [-0.05, 0) is 73.2 Å². The maximum atomic E-state index is 14.0. The number of ketones is 2. The summed E-state index contributed by atoms with van der Waals surface area (Å²) in [6.07, 6.45) is -0.117. The van der Waals surface area contributed by atoms with Gasteiger partial charge in [0.05, 0.1) is 12.7 Å². The van der Waals surface area contributed by atoms with Crippen molar-refractivity contribution >= 4 is 23.2 Å². The van der Waals surface area contributed by atoms with Gasteiger partial charge >= 0.3 is 0 Å². The molecular formula is C33H38N2O8. The molecule has 2 aromatic rings. The Balaban J connectivity index is 1.80. The van der Waals surface area contributed by atoms with E-state index in [1.165, 1.54) is 0 Å². The number of fused-ring (bicyclic) bond motifs is 3. The van der Waals surface area contributed by atoms with Gasteiger partial charge in [0.2, 0.25) is 5.78 Å². The highest BCUT2D eigenvalue weighted by molar-refractivity contribution is 6.22. The highest BCUT2D eigenvalue weighted by Gasteiger charge is 2.60. The fourth-order valence-electron chi connectivity index (χ4n) is 6.93. The van der Waals surface area contributed by atoms with Gasteiger partial charge in [0, 0.05) is 35.6 Å². The molecule has 10 nitrogen and oxygen atoms in total. The van der Waals surface area contributed by atoms with Crippen molar-refractivity contribution in [2.24, 2.45) is 17.6 Å². The molecule has 43 heavy (non-hydrogen) atoms. The number of benzene rings is 2. The second kappa shape index (κ2) is 10.2. The summed E-state index contributed by atoms with van der Waals surface area (Å²) in [6, 6.07) is 7.74. The van der Waals surface area contributed by atoms with Crippen molar-refractivity contribution in [1.82, 2.24) is 4.90 Å². The van der Waals surface area contributed by atoms with Crippen molar-refractivity contribution in [2.75, 3.05) is 21.2 Å². The third-order valence-electron chi connectivity index (χ3n) is 8.92. The van der Waals surface area contributed by atoms with E-state index < -0.39 is 57.4 Å². The number of primary amides is 1. The number of Topliss-reactive ketones (excluding diaryl/α,β-unsaturated/α-hetero) is 2. The zero-order valence-corrected chi connectivity index (χ0v) is 25.2. The molecule has 1 amide bonds. The number of carbonyl (C=O) groups excluding carboxylic acids is 3. The van der Waals surface area contributed by atoms with Crippen molar-refractivity contribution < 1.29 is 39.5 Å². The Morgan fingerprint density at radius 1 is 1.09 bits per heavy atom. The predicted molar refractivity (Wildman–Crippen MR) is 159 cm³/mol. The van der Waals surface area contributed by atoms with Crippen LogP contribution in [0.2, 0.25) is 0 Å². The van der Waals surface area contributed by atoms with Gasteiger partial charge < -0.3 is 35.8 Å².